The number of rotatable bonds is 3. The fraction of sp³-hybridized carbons (Fsp3) is 0.176. The van der Waals surface area contributed by atoms with Crippen LogP contribution in [0.1, 0.15) is 12.0 Å². The summed E-state index contributed by atoms with van der Waals surface area (Å²) in [7, 11) is 0. The predicted octanol–water partition coefficient (Wildman–Crippen LogP) is 3.00. The molecular weight excluding hydrogens is 296 g/mol. The summed E-state index contributed by atoms with van der Waals surface area (Å²) in [6.45, 7) is 1.94. The van der Waals surface area contributed by atoms with Crippen LogP contribution in [0.5, 0.6) is 0 Å². The molecule has 1 aliphatic heterocycles. The average Bonchev–Trinajstić information content (AvgIpc) is 2.76. The summed E-state index contributed by atoms with van der Waals surface area (Å²) in [5.74, 6) is -0.305. The van der Waals surface area contributed by atoms with Crippen molar-refractivity contribution < 1.29 is 9.59 Å². The minimum Gasteiger partial charge on any atom is -0.399 e. The van der Waals surface area contributed by atoms with Crippen LogP contribution in [0.2, 0.25) is 0 Å². The van der Waals surface area contributed by atoms with Crippen LogP contribution in [0.4, 0.5) is 11.4 Å². The molecule has 0 spiro atoms. The minimum absolute atomic E-state index is 0.149. The molecule has 0 radical (unpaired) electrons. The highest BCUT2D eigenvalue weighted by atomic mass is 32.2. The van der Waals surface area contributed by atoms with E-state index < -0.39 is 0 Å². The van der Waals surface area contributed by atoms with Crippen molar-refractivity contribution >= 4 is 35.0 Å². The van der Waals surface area contributed by atoms with Crippen molar-refractivity contribution in [3.05, 3.63) is 54.1 Å². The molecule has 3 rings (SSSR count). The van der Waals surface area contributed by atoms with Crippen LogP contribution >= 0.6 is 11.8 Å². The molecule has 2 aromatic carbocycles. The molecule has 1 unspecified atom stereocenters. The first kappa shape index (κ1) is 14.7. The predicted molar refractivity (Wildman–Crippen MR) is 88.8 cm³/mol. The van der Waals surface area contributed by atoms with Gasteiger partial charge in [0, 0.05) is 17.0 Å². The Morgan fingerprint density at radius 3 is 2.55 bits per heavy atom. The molecule has 1 fully saturated rings. The number of amides is 2. The van der Waals surface area contributed by atoms with E-state index in [1.807, 2.05) is 37.3 Å². The van der Waals surface area contributed by atoms with Crippen LogP contribution in [-0.4, -0.2) is 17.1 Å². The normalized spacial score (nSPS) is 18.0. The number of anilines is 2. The second-order valence-corrected chi connectivity index (χ2v) is 6.56. The van der Waals surface area contributed by atoms with Gasteiger partial charge in [0.2, 0.25) is 11.8 Å². The van der Waals surface area contributed by atoms with E-state index in [1.54, 1.807) is 18.2 Å². The maximum absolute atomic E-state index is 12.6. The molecule has 2 amide bonds. The molecule has 112 valence electrons. The summed E-state index contributed by atoms with van der Waals surface area (Å²) in [4.78, 5) is 27.0. The largest absolute Gasteiger partial charge is 0.399 e. The van der Waals surface area contributed by atoms with Gasteiger partial charge in [-0.05, 0) is 48.9 Å². The highest BCUT2D eigenvalue weighted by Crippen LogP contribution is 2.34. The summed E-state index contributed by atoms with van der Waals surface area (Å²) < 4.78 is 0. The minimum atomic E-state index is -0.378. The van der Waals surface area contributed by atoms with E-state index in [-0.39, 0.29) is 23.5 Å². The Labute approximate surface area is 133 Å². The molecule has 0 bridgehead atoms. The zero-order valence-corrected chi connectivity index (χ0v) is 13.0. The van der Waals surface area contributed by atoms with Gasteiger partial charge in [-0.2, -0.15) is 0 Å². The standard InChI is InChI=1S/C17H16N2O2S/c1-11-3-2-4-13(9-11)19-16(20)10-15(17(19)21)22-14-7-5-12(18)6-8-14/h2-9,15H,10,18H2,1H3. The topological polar surface area (TPSA) is 63.4 Å². The van der Waals surface area contributed by atoms with Gasteiger partial charge in [0.05, 0.1) is 10.9 Å². The molecule has 0 aromatic heterocycles. The summed E-state index contributed by atoms with van der Waals surface area (Å²) in [5, 5.41) is -0.378. The second-order valence-electron chi connectivity index (χ2n) is 5.29. The lowest BCUT2D eigenvalue weighted by atomic mass is 10.2. The molecule has 22 heavy (non-hydrogen) atoms. The first-order valence-corrected chi connectivity index (χ1v) is 7.88. The lowest BCUT2D eigenvalue weighted by Gasteiger charge is -2.15. The maximum Gasteiger partial charge on any atom is 0.247 e. The van der Waals surface area contributed by atoms with Gasteiger partial charge in [-0.1, -0.05) is 12.1 Å². The van der Waals surface area contributed by atoms with Crippen LogP contribution < -0.4 is 10.6 Å². The SMILES string of the molecule is Cc1cccc(N2C(=O)CC(Sc3ccc(N)cc3)C2=O)c1. The maximum atomic E-state index is 12.6. The molecule has 4 nitrogen and oxygen atoms in total. The van der Waals surface area contributed by atoms with E-state index in [2.05, 4.69) is 0 Å². The quantitative estimate of drug-likeness (QED) is 0.699. The van der Waals surface area contributed by atoms with E-state index >= 15 is 0 Å². The molecule has 2 N–H and O–H groups in total. The Morgan fingerprint density at radius 2 is 1.86 bits per heavy atom. The third-order valence-electron chi connectivity index (χ3n) is 3.52. The number of thioether (sulfide) groups is 1. The lowest BCUT2D eigenvalue weighted by Crippen LogP contribution is -2.31. The first-order chi connectivity index (χ1) is 10.5. The zero-order chi connectivity index (χ0) is 15.7. The molecule has 0 aliphatic carbocycles. The summed E-state index contributed by atoms with van der Waals surface area (Å²) in [6.07, 6.45) is 0.224. The van der Waals surface area contributed by atoms with Gasteiger partial charge in [0.25, 0.3) is 0 Å². The molecule has 0 saturated carbocycles. The summed E-state index contributed by atoms with van der Waals surface area (Å²) in [6, 6.07) is 14.8. The molecule has 1 aliphatic rings. The summed E-state index contributed by atoms with van der Waals surface area (Å²) in [5.41, 5.74) is 8.01. The summed E-state index contributed by atoms with van der Waals surface area (Å²) >= 11 is 1.41. The van der Waals surface area contributed by atoms with Crippen LogP contribution in [-0.2, 0) is 9.59 Å². The zero-order valence-electron chi connectivity index (χ0n) is 12.2. The molecule has 2 aromatic rings. The molecule has 5 heteroatoms. The molecule has 1 saturated heterocycles. The number of hydrogen-bond donors (Lipinski definition) is 1. The third-order valence-corrected chi connectivity index (χ3v) is 4.72. The van der Waals surface area contributed by atoms with Gasteiger partial charge < -0.3 is 5.73 Å². The highest BCUT2D eigenvalue weighted by molar-refractivity contribution is 8.00. The van der Waals surface area contributed by atoms with Crippen LogP contribution in [0.25, 0.3) is 0 Å². The fourth-order valence-corrected chi connectivity index (χ4v) is 3.50. The number of nitrogen functional groups attached to an aromatic ring is 1. The Bertz CT molecular complexity index is 728. The molecular formula is C17H16N2O2S. The van der Waals surface area contributed by atoms with E-state index in [0.29, 0.717) is 11.4 Å². The number of nitrogens with two attached hydrogens (primary N) is 1. The Balaban J connectivity index is 1.81. The Hall–Kier alpha value is -2.27. The van der Waals surface area contributed by atoms with Crippen molar-refractivity contribution in [1.29, 1.82) is 0 Å². The number of carbonyl (C=O) groups is 2. The van der Waals surface area contributed by atoms with Gasteiger partial charge in [0.15, 0.2) is 0 Å². The first-order valence-electron chi connectivity index (χ1n) is 7.00. The Kier molecular flexibility index (Phi) is 3.90. The van der Waals surface area contributed by atoms with Gasteiger partial charge in [-0.3, -0.25) is 9.59 Å². The van der Waals surface area contributed by atoms with Gasteiger partial charge in [0.1, 0.15) is 0 Å². The van der Waals surface area contributed by atoms with Crippen LogP contribution in [0.3, 0.4) is 0 Å². The van der Waals surface area contributed by atoms with Crippen LogP contribution in [0, 0.1) is 6.92 Å². The van der Waals surface area contributed by atoms with Gasteiger partial charge in [-0.15, -0.1) is 11.8 Å². The highest BCUT2D eigenvalue weighted by Gasteiger charge is 2.40. The number of aryl methyl sites for hydroxylation is 1. The molecule has 1 atom stereocenters. The van der Waals surface area contributed by atoms with Crippen molar-refractivity contribution in [2.45, 2.75) is 23.5 Å². The van der Waals surface area contributed by atoms with Crippen LogP contribution in [0.15, 0.2) is 53.4 Å². The van der Waals surface area contributed by atoms with E-state index in [9.17, 15) is 9.59 Å². The second kappa shape index (κ2) is 5.85. The van der Waals surface area contributed by atoms with Crippen molar-refractivity contribution in [2.24, 2.45) is 0 Å². The third kappa shape index (κ3) is 2.85. The number of benzene rings is 2. The monoisotopic (exact) mass is 312 g/mol. The average molecular weight is 312 g/mol. The van der Waals surface area contributed by atoms with Gasteiger partial charge in [-0.25, -0.2) is 4.90 Å². The number of carbonyl (C=O) groups excluding carboxylic acids is 2. The molecule has 1 heterocycles. The van der Waals surface area contributed by atoms with Crippen molar-refractivity contribution in [3.8, 4) is 0 Å². The lowest BCUT2D eigenvalue weighted by molar-refractivity contribution is -0.121. The number of hydrogen-bond acceptors (Lipinski definition) is 4. The van der Waals surface area contributed by atoms with E-state index in [0.717, 1.165) is 10.5 Å². The fourth-order valence-electron chi connectivity index (χ4n) is 2.45. The van der Waals surface area contributed by atoms with Crippen molar-refractivity contribution in [1.82, 2.24) is 0 Å². The van der Waals surface area contributed by atoms with Crippen molar-refractivity contribution in [2.75, 3.05) is 10.6 Å². The Morgan fingerprint density at radius 1 is 1.14 bits per heavy atom. The number of imide groups is 1. The van der Waals surface area contributed by atoms with E-state index in [1.165, 1.54) is 16.7 Å². The smallest absolute Gasteiger partial charge is 0.247 e. The van der Waals surface area contributed by atoms with E-state index in [4.69, 9.17) is 5.73 Å². The van der Waals surface area contributed by atoms with Gasteiger partial charge >= 0.3 is 0 Å². The van der Waals surface area contributed by atoms with Crippen molar-refractivity contribution in [3.63, 3.8) is 0 Å². The number of nitrogens with zero attached hydrogens (tertiary/aromatic N) is 1.